The van der Waals surface area contributed by atoms with Gasteiger partial charge in [0.15, 0.2) is 0 Å². The molecule has 1 saturated heterocycles. The van der Waals surface area contributed by atoms with Gasteiger partial charge in [0, 0.05) is 18.5 Å². The van der Waals surface area contributed by atoms with E-state index in [9.17, 15) is 9.18 Å². The van der Waals surface area contributed by atoms with Gasteiger partial charge in [-0.2, -0.15) is 0 Å². The first-order chi connectivity index (χ1) is 11.8. The molecular formula is C18H23FN4OS. The number of nitrogens with zero attached hydrogens (tertiary/aromatic N) is 3. The Labute approximate surface area is 151 Å². The zero-order valence-corrected chi connectivity index (χ0v) is 15.6. The van der Waals surface area contributed by atoms with E-state index in [-0.39, 0.29) is 23.1 Å². The number of amides is 1. The van der Waals surface area contributed by atoms with E-state index in [0.717, 1.165) is 16.4 Å². The lowest BCUT2D eigenvalue weighted by Gasteiger charge is -2.19. The zero-order chi connectivity index (χ0) is 18.0. The lowest BCUT2D eigenvalue weighted by Crippen LogP contribution is -2.32. The number of benzene rings is 1. The van der Waals surface area contributed by atoms with Crippen LogP contribution in [0, 0.1) is 11.7 Å². The van der Waals surface area contributed by atoms with Crippen molar-refractivity contribution in [2.75, 3.05) is 18.0 Å². The molecule has 134 valence electrons. The summed E-state index contributed by atoms with van der Waals surface area (Å²) in [6, 6.07) is 6.69. The van der Waals surface area contributed by atoms with Crippen LogP contribution in [0.25, 0.3) is 0 Å². The molecule has 1 unspecified atom stereocenters. The zero-order valence-electron chi connectivity index (χ0n) is 14.8. The number of hydrogen-bond acceptors (Lipinski definition) is 5. The second kappa shape index (κ2) is 7.07. The van der Waals surface area contributed by atoms with Crippen LogP contribution >= 0.6 is 11.3 Å². The van der Waals surface area contributed by atoms with Gasteiger partial charge in [0.2, 0.25) is 5.91 Å². The van der Waals surface area contributed by atoms with Gasteiger partial charge < -0.3 is 10.2 Å². The number of carbonyl (C=O) groups excluding carboxylic acids is 1. The maximum Gasteiger partial charge on any atom is 0.225 e. The van der Waals surface area contributed by atoms with Crippen LogP contribution in [0.15, 0.2) is 24.3 Å². The average Bonchev–Trinajstić information content (AvgIpc) is 3.22. The molecule has 1 aromatic carbocycles. The first kappa shape index (κ1) is 17.8. The van der Waals surface area contributed by atoms with Crippen molar-refractivity contribution in [2.24, 2.45) is 5.92 Å². The summed E-state index contributed by atoms with van der Waals surface area (Å²) in [5.41, 5.74) is 0.530. The molecule has 1 N–H and O–H groups in total. The monoisotopic (exact) mass is 362 g/mol. The fourth-order valence-electron chi connectivity index (χ4n) is 2.84. The van der Waals surface area contributed by atoms with E-state index < -0.39 is 0 Å². The van der Waals surface area contributed by atoms with Crippen LogP contribution in [0.3, 0.4) is 0 Å². The number of halogens is 1. The Balaban J connectivity index is 1.54. The molecule has 1 amide bonds. The molecule has 1 aromatic heterocycles. The van der Waals surface area contributed by atoms with Crippen LogP contribution in [0.1, 0.15) is 37.2 Å². The van der Waals surface area contributed by atoms with Crippen molar-refractivity contribution in [2.45, 2.75) is 39.2 Å². The van der Waals surface area contributed by atoms with Gasteiger partial charge in [-0.15, -0.1) is 10.2 Å². The van der Waals surface area contributed by atoms with Crippen LogP contribution in [0.2, 0.25) is 0 Å². The summed E-state index contributed by atoms with van der Waals surface area (Å²) in [5, 5.41) is 13.1. The van der Waals surface area contributed by atoms with Gasteiger partial charge in [-0.25, -0.2) is 4.39 Å². The molecule has 0 spiro atoms. The Morgan fingerprint density at radius 2 is 2.12 bits per heavy atom. The van der Waals surface area contributed by atoms with Crippen LogP contribution < -0.4 is 10.2 Å². The van der Waals surface area contributed by atoms with Crippen LogP contribution in [0.5, 0.6) is 0 Å². The molecule has 0 aliphatic carbocycles. The summed E-state index contributed by atoms with van der Waals surface area (Å²) in [4.78, 5) is 14.3. The van der Waals surface area contributed by atoms with Crippen molar-refractivity contribution < 1.29 is 9.18 Å². The molecule has 0 radical (unpaired) electrons. The van der Waals surface area contributed by atoms with E-state index >= 15 is 0 Å². The summed E-state index contributed by atoms with van der Waals surface area (Å²) in [5.74, 6) is -0.381. The van der Waals surface area contributed by atoms with Crippen molar-refractivity contribution >= 4 is 22.9 Å². The molecule has 25 heavy (non-hydrogen) atoms. The number of hydrogen-bond donors (Lipinski definition) is 1. The van der Waals surface area contributed by atoms with E-state index in [1.807, 2.05) is 11.0 Å². The highest BCUT2D eigenvalue weighted by atomic mass is 32.1. The van der Waals surface area contributed by atoms with Gasteiger partial charge in [0.05, 0.1) is 18.2 Å². The molecular weight excluding hydrogens is 339 g/mol. The van der Waals surface area contributed by atoms with Crippen molar-refractivity contribution in [3.8, 4) is 0 Å². The van der Waals surface area contributed by atoms with Gasteiger partial charge in [0.25, 0.3) is 0 Å². The largest absolute Gasteiger partial charge is 0.368 e. The second-order valence-corrected chi connectivity index (χ2v) is 8.41. The summed E-state index contributed by atoms with van der Waals surface area (Å²) in [7, 11) is 0. The number of anilines is 1. The van der Waals surface area contributed by atoms with Gasteiger partial charge in [0.1, 0.15) is 15.8 Å². The van der Waals surface area contributed by atoms with E-state index in [1.165, 1.54) is 17.4 Å². The first-order valence-corrected chi connectivity index (χ1v) is 9.26. The van der Waals surface area contributed by atoms with Crippen LogP contribution in [0.4, 0.5) is 10.1 Å². The van der Waals surface area contributed by atoms with Crippen molar-refractivity contribution in [3.05, 3.63) is 40.1 Å². The quantitative estimate of drug-likeness (QED) is 0.908. The van der Waals surface area contributed by atoms with Gasteiger partial charge in [-0.1, -0.05) is 44.2 Å². The first-order valence-electron chi connectivity index (χ1n) is 8.44. The molecule has 7 heteroatoms. The number of para-hydroxylation sites is 1. The SMILES string of the molecule is CC(C)(C)c1nnc(CNC(=O)C2CCN(c3ccccc3F)C2)s1. The average molecular weight is 362 g/mol. The molecule has 2 aromatic rings. The lowest BCUT2D eigenvalue weighted by molar-refractivity contribution is -0.124. The third-order valence-electron chi connectivity index (χ3n) is 4.27. The van der Waals surface area contributed by atoms with Crippen molar-refractivity contribution in [1.29, 1.82) is 0 Å². The fraction of sp³-hybridized carbons (Fsp3) is 0.500. The molecule has 0 saturated carbocycles. The van der Waals surface area contributed by atoms with E-state index in [4.69, 9.17) is 0 Å². The minimum atomic E-state index is -0.243. The fourth-order valence-corrected chi connectivity index (χ4v) is 3.67. The minimum Gasteiger partial charge on any atom is -0.368 e. The van der Waals surface area contributed by atoms with Crippen molar-refractivity contribution in [1.82, 2.24) is 15.5 Å². The molecule has 1 aliphatic rings. The third kappa shape index (κ3) is 4.15. The smallest absolute Gasteiger partial charge is 0.225 e. The summed E-state index contributed by atoms with van der Waals surface area (Å²) in [6.45, 7) is 7.88. The molecule has 0 bridgehead atoms. The van der Waals surface area contributed by atoms with Crippen LogP contribution in [-0.4, -0.2) is 29.2 Å². The third-order valence-corrected chi connectivity index (χ3v) is 5.62. The Morgan fingerprint density at radius 3 is 2.80 bits per heavy atom. The molecule has 1 aliphatic heterocycles. The molecule has 1 atom stereocenters. The van der Waals surface area contributed by atoms with Gasteiger partial charge in [-0.3, -0.25) is 4.79 Å². The maximum absolute atomic E-state index is 13.9. The van der Waals surface area contributed by atoms with E-state index in [0.29, 0.717) is 25.3 Å². The van der Waals surface area contributed by atoms with Gasteiger partial charge >= 0.3 is 0 Å². The second-order valence-electron chi connectivity index (χ2n) is 7.35. The predicted octanol–water partition coefficient (Wildman–Crippen LogP) is 3.12. The molecule has 2 heterocycles. The Kier molecular flexibility index (Phi) is 5.03. The highest BCUT2D eigenvalue weighted by molar-refractivity contribution is 7.11. The molecule has 1 fully saturated rings. The summed E-state index contributed by atoms with van der Waals surface area (Å²) < 4.78 is 13.9. The van der Waals surface area contributed by atoms with Crippen LogP contribution in [-0.2, 0) is 16.8 Å². The standard InChI is InChI=1S/C18H23FN4OS/c1-18(2,3)17-22-21-15(25-17)10-20-16(24)12-8-9-23(11-12)14-7-5-4-6-13(14)19/h4-7,12H,8-11H2,1-3H3,(H,20,24). The normalized spacial score (nSPS) is 17.8. The van der Waals surface area contributed by atoms with E-state index in [2.05, 4.69) is 36.3 Å². The number of rotatable bonds is 4. The number of carbonyl (C=O) groups is 1. The number of aromatic nitrogens is 2. The van der Waals surface area contributed by atoms with Gasteiger partial charge in [-0.05, 0) is 18.6 Å². The highest BCUT2D eigenvalue weighted by Gasteiger charge is 2.29. The van der Waals surface area contributed by atoms with Crippen molar-refractivity contribution in [3.63, 3.8) is 0 Å². The van der Waals surface area contributed by atoms with E-state index in [1.54, 1.807) is 12.1 Å². The summed E-state index contributed by atoms with van der Waals surface area (Å²) in [6.07, 6.45) is 0.726. The molecule has 3 rings (SSSR count). The molecule has 5 nitrogen and oxygen atoms in total. The highest BCUT2D eigenvalue weighted by Crippen LogP contribution is 2.27. The minimum absolute atomic E-state index is 0.00801. The lowest BCUT2D eigenvalue weighted by atomic mass is 9.98. The predicted molar refractivity (Wildman–Crippen MR) is 97.2 cm³/mol. The Morgan fingerprint density at radius 1 is 1.36 bits per heavy atom. The Hall–Kier alpha value is -2.02. The summed E-state index contributed by atoms with van der Waals surface area (Å²) >= 11 is 1.53. The topological polar surface area (TPSA) is 58.1 Å². The Bertz CT molecular complexity index is 756. The maximum atomic E-state index is 13.9. The number of nitrogens with one attached hydrogen (secondary N) is 1.